The van der Waals surface area contributed by atoms with Crippen molar-refractivity contribution in [2.45, 2.75) is 75.5 Å². The zero-order valence-corrected chi connectivity index (χ0v) is 19.5. The molecular formula is C25H30F3N3O4. The maximum absolute atomic E-state index is 13.0. The normalized spacial score (nSPS) is 28.0. The van der Waals surface area contributed by atoms with Crippen LogP contribution in [0.25, 0.3) is 0 Å². The van der Waals surface area contributed by atoms with Crippen LogP contribution in [0.3, 0.4) is 0 Å². The SMILES string of the molecule is C=C1CCC(N2Cc3cc(O[C@@H]4CCCC[C@@H]4N4CC(OCC(F)(F)F)C4)ccc3C2=O)C(=O)N1. The highest BCUT2D eigenvalue weighted by molar-refractivity contribution is 6.01. The van der Waals surface area contributed by atoms with Gasteiger partial charge in [-0.15, -0.1) is 0 Å². The summed E-state index contributed by atoms with van der Waals surface area (Å²) < 4.78 is 48.6. The monoisotopic (exact) mass is 493 g/mol. The van der Waals surface area contributed by atoms with E-state index >= 15 is 0 Å². The van der Waals surface area contributed by atoms with Crippen molar-refractivity contribution in [2.75, 3.05) is 19.7 Å². The van der Waals surface area contributed by atoms with E-state index < -0.39 is 24.9 Å². The minimum Gasteiger partial charge on any atom is -0.489 e. The number of hydrogen-bond acceptors (Lipinski definition) is 5. The smallest absolute Gasteiger partial charge is 0.411 e. The summed E-state index contributed by atoms with van der Waals surface area (Å²) in [7, 11) is 0. The first kappa shape index (κ1) is 24.1. The number of ether oxygens (including phenoxy) is 2. The number of likely N-dealkylation sites (tertiary alicyclic amines) is 1. The molecule has 3 heterocycles. The molecular weight excluding hydrogens is 463 g/mol. The average molecular weight is 494 g/mol. The number of nitrogens with zero attached hydrogens (tertiary/aromatic N) is 2. The molecule has 1 N–H and O–H groups in total. The van der Waals surface area contributed by atoms with Gasteiger partial charge in [0.2, 0.25) is 5.91 Å². The van der Waals surface area contributed by atoms with Crippen LogP contribution in [0, 0.1) is 0 Å². The van der Waals surface area contributed by atoms with Gasteiger partial charge in [0, 0.05) is 36.9 Å². The Balaban J connectivity index is 1.21. The zero-order chi connectivity index (χ0) is 24.7. The molecule has 4 aliphatic rings. The van der Waals surface area contributed by atoms with Crippen LogP contribution in [0.15, 0.2) is 30.5 Å². The van der Waals surface area contributed by atoms with Gasteiger partial charge in [0.25, 0.3) is 5.91 Å². The van der Waals surface area contributed by atoms with E-state index in [2.05, 4.69) is 16.8 Å². The van der Waals surface area contributed by atoms with Crippen molar-refractivity contribution < 1.29 is 32.2 Å². The van der Waals surface area contributed by atoms with E-state index in [-0.39, 0.29) is 24.0 Å². The Kier molecular flexibility index (Phi) is 6.52. The van der Waals surface area contributed by atoms with Crippen LogP contribution in [-0.4, -0.2) is 71.8 Å². The number of halogens is 3. The van der Waals surface area contributed by atoms with Gasteiger partial charge in [-0.25, -0.2) is 0 Å². The molecule has 1 unspecified atom stereocenters. The first-order chi connectivity index (χ1) is 16.7. The van der Waals surface area contributed by atoms with E-state index in [0.717, 1.165) is 31.2 Å². The zero-order valence-electron chi connectivity index (χ0n) is 19.5. The molecule has 1 saturated carbocycles. The molecule has 190 valence electrons. The van der Waals surface area contributed by atoms with Gasteiger partial charge in [0.1, 0.15) is 24.5 Å². The number of amides is 2. The summed E-state index contributed by atoms with van der Waals surface area (Å²) in [5.41, 5.74) is 2.09. The molecule has 0 bridgehead atoms. The predicted octanol–water partition coefficient (Wildman–Crippen LogP) is 3.39. The van der Waals surface area contributed by atoms with Gasteiger partial charge in [0.15, 0.2) is 0 Å². The second-order valence-electron chi connectivity index (χ2n) is 9.91. The summed E-state index contributed by atoms with van der Waals surface area (Å²) in [6, 6.07) is 5.05. The first-order valence-corrected chi connectivity index (χ1v) is 12.2. The van der Waals surface area contributed by atoms with Crippen LogP contribution < -0.4 is 10.1 Å². The van der Waals surface area contributed by atoms with Crippen LogP contribution in [0.4, 0.5) is 13.2 Å². The van der Waals surface area contributed by atoms with E-state index in [9.17, 15) is 22.8 Å². The van der Waals surface area contributed by atoms with E-state index in [4.69, 9.17) is 9.47 Å². The number of fused-ring (bicyclic) bond motifs is 1. The van der Waals surface area contributed by atoms with E-state index in [1.807, 2.05) is 6.07 Å². The fourth-order valence-electron chi connectivity index (χ4n) is 5.57. The second-order valence-corrected chi connectivity index (χ2v) is 9.91. The number of benzene rings is 1. The highest BCUT2D eigenvalue weighted by atomic mass is 19.4. The summed E-state index contributed by atoms with van der Waals surface area (Å²) >= 11 is 0. The van der Waals surface area contributed by atoms with Gasteiger partial charge in [-0.3, -0.25) is 14.5 Å². The Hall–Kier alpha value is -2.59. The molecule has 0 radical (unpaired) electrons. The largest absolute Gasteiger partial charge is 0.489 e. The summed E-state index contributed by atoms with van der Waals surface area (Å²) in [5.74, 6) is 0.318. The van der Waals surface area contributed by atoms with Crippen LogP contribution in [0.2, 0.25) is 0 Å². The van der Waals surface area contributed by atoms with Gasteiger partial charge in [-0.05, 0) is 55.9 Å². The molecule has 2 saturated heterocycles. The van der Waals surface area contributed by atoms with Crippen LogP contribution >= 0.6 is 0 Å². The van der Waals surface area contributed by atoms with Gasteiger partial charge >= 0.3 is 6.18 Å². The highest BCUT2D eigenvalue weighted by Crippen LogP contribution is 2.34. The molecule has 1 aromatic carbocycles. The molecule has 35 heavy (non-hydrogen) atoms. The maximum atomic E-state index is 13.0. The number of nitrogens with one attached hydrogen (secondary N) is 1. The Morgan fingerprint density at radius 1 is 1.11 bits per heavy atom. The van der Waals surface area contributed by atoms with Crippen molar-refractivity contribution in [1.29, 1.82) is 0 Å². The number of hydrogen-bond donors (Lipinski definition) is 1. The van der Waals surface area contributed by atoms with Gasteiger partial charge in [0.05, 0.1) is 6.10 Å². The quantitative estimate of drug-likeness (QED) is 0.658. The van der Waals surface area contributed by atoms with Crippen LogP contribution in [0.1, 0.15) is 54.4 Å². The lowest BCUT2D eigenvalue weighted by Gasteiger charge is -2.48. The fraction of sp³-hybridized carbons (Fsp3) is 0.600. The number of alkyl halides is 3. The van der Waals surface area contributed by atoms with Crippen molar-refractivity contribution in [3.8, 4) is 5.75 Å². The second kappa shape index (κ2) is 9.46. The van der Waals surface area contributed by atoms with Crippen molar-refractivity contribution in [1.82, 2.24) is 15.1 Å². The van der Waals surface area contributed by atoms with E-state index in [1.54, 1.807) is 17.0 Å². The first-order valence-electron chi connectivity index (χ1n) is 12.2. The highest BCUT2D eigenvalue weighted by Gasteiger charge is 2.41. The van der Waals surface area contributed by atoms with Crippen LogP contribution in [0.5, 0.6) is 5.75 Å². The van der Waals surface area contributed by atoms with E-state index in [1.165, 1.54) is 0 Å². The Morgan fingerprint density at radius 3 is 2.63 bits per heavy atom. The third kappa shape index (κ3) is 5.18. The fourth-order valence-corrected chi connectivity index (χ4v) is 5.57. The summed E-state index contributed by atoms with van der Waals surface area (Å²) in [4.78, 5) is 29.1. The molecule has 1 aromatic rings. The Labute approximate surface area is 202 Å². The third-order valence-corrected chi connectivity index (χ3v) is 7.39. The molecule has 1 aliphatic carbocycles. The number of rotatable bonds is 6. The minimum absolute atomic E-state index is 0.0753. The molecule has 3 fully saturated rings. The molecule has 3 atom stereocenters. The summed E-state index contributed by atoms with van der Waals surface area (Å²) in [5, 5.41) is 2.74. The van der Waals surface area contributed by atoms with Gasteiger partial charge < -0.3 is 19.7 Å². The molecule has 2 amide bonds. The molecule has 5 rings (SSSR count). The number of piperidine rings is 1. The lowest BCUT2D eigenvalue weighted by atomic mass is 9.89. The lowest BCUT2D eigenvalue weighted by molar-refractivity contribution is -0.204. The molecule has 10 heteroatoms. The lowest BCUT2D eigenvalue weighted by Crippen LogP contribution is -2.61. The van der Waals surface area contributed by atoms with Gasteiger partial charge in [-0.2, -0.15) is 13.2 Å². The van der Waals surface area contributed by atoms with Crippen molar-refractivity contribution >= 4 is 11.8 Å². The molecule has 3 aliphatic heterocycles. The Morgan fingerprint density at radius 2 is 1.89 bits per heavy atom. The maximum Gasteiger partial charge on any atom is 0.411 e. The third-order valence-electron chi connectivity index (χ3n) is 7.39. The van der Waals surface area contributed by atoms with Crippen molar-refractivity contribution in [3.63, 3.8) is 0 Å². The van der Waals surface area contributed by atoms with Crippen LogP contribution in [-0.2, 0) is 16.1 Å². The van der Waals surface area contributed by atoms with Gasteiger partial charge in [-0.1, -0.05) is 13.0 Å². The molecule has 7 nitrogen and oxygen atoms in total. The van der Waals surface area contributed by atoms with Crippen molar-refractivity contribution in [2.24, 2.45) is 0 Å². The Bertz CT molecular complexity index is 1010. The number of carbonyl (C=O) groups excluding carboxylic acids is 2. The molecule has 0 spiro atoms. The predicted molar refractivity (Wildman–Crippen MR) is 121 cm³/mol. The summed E-state index contributed by atoms with van der Waals surface area (Å²) in [6.45, 7) is 3.89. The molecule has 0 aromatic heterocycles. The topological polar surface area (TPSA) is 71.1 Å². The summed E-state index contributed by atoms with van der Waals surface area (Å²) in [6.07, 6.45) is 0.296. The number of allylic oxidation sites excluding steroid dienone is 1. The number of carbonyl (C=O) groups is 2. The van der Waals surface area contributed by atoms with E-state index in [0.29, 0.717) is 49.5 Å². The van der Waals surface area contributed by atoms with Crippen molar-refractivity contribution in [3.05, 3.63) is 41.6 Å². The minimum atomic E-state index is -4.31. The average Bonchev–Trinajstić information content (AvgIpc) is 3.08. The standard InChI is InChI=1S/C25H30F3N3O4/c1-15-6-9-21(23(32)29-15)31-11-16-10-17(7-8-19(16)24(31)33)35-22-5-3-2-4-20(22)30-12-18(13-30)34-14-25(26,27)28/h7-8,10,18,20-22H,1-6,9,11-14H2,(H,29,32)/t20-,21?,22+/m0/s1.